The lowest BCUT2D eigenvalue weighted by molar-refractivity contribution is -0.199. The number of aliphatic hydroxyl groups excluding tert-OH is 1. The second kappa shape index (κ2) is 36.5. The number of nitrogens with zero attached hydrogens (tertiary/aromatic N) is 2. The largest absolute Gasteiger partial charge is 0.481 e. The van der Waals surface area contributed by atoms with Gasteiger partial charge in [0.2, 0.25) is 11.8 Å². The molecule has 2 bridgehead atoms. The number of carbonyl (C=O) groups is 7. The number of Topliss-reactive ketones (excluding diaryl/α,β-unsaturated/α-hetero) is 1. The third kappa shape index (κ3) is 25.0. The Morgan fingerprint density at radius 3 is 1.42 bits per heavy atom. The Hall–Kier alpha value is -6.52. The summed E-state index contributed by atoms with van der Waals surface area (Å²) >= 11 is 0. The first-order valence-corrected chi connectivity index (χ1v) is 32.3. The third-order valence-electron chi connectivity index (χ3n) is 18.7. The molecule has 3 aliphatic carbocycles. The number of halogens is 8. The van der Waals surface area contributed by atoms with E-state index in [0.717, 1.165) is 61.6 Å². The van der Waals surface area contributed by atoms with Crippen LogP contribution in [0, 0.1) is 46.8 Å². The van der Waals surface area contributed by atoms with Crippen molar-refractivity contribution in [2.24, 2.45) is 52.6 Å². The van der Waals surface area contributed by atoms with Crippen LogP contribution in [0.25, 0.3) is 0 Å². The van der Waals surface area contributed by atoms with E-state index in [4.69, 9.17) is 44.4 Å². The van der Waals surface area contributed by atoms with Crippen molar-refractivity contribution >= 4 is 55.7 Å². The van der Waals surface area contributed by atoms with Crippen molar-refractivity contribution in [1.82, 2.24) is 9.80 Å². The maximum atomic E-state index is 13.7. The Labute approximate surface area is 564 Å². The predicted octanol–water partition coefficient (Wildman–Crippen LogP) is 10.6. The molecule has 3 unspecified atom stereocenters. The number of hydrogen-bond donors (Lipinski definition) is 5. The van der Waals surface area contributed by atoms with E-state index in [2.05, 4.69) is 20.8 Å². The molecule has 3 aromatic rings. The molecule has 0 spiro atoms. The van der Waals surface area contributed by atoms with Gasteiger partial charge in [-0.15, -0.1) is 0 Å². The van der Waals surface area contributed by atoms with Crippen LogP contribution in [0.5, 0.6) is 0 Å². The maximum Gasteiger partial charge on any atom is 0.481 e. The minimum absolute atomic E-state index is 0.0279. The van der Waals surface area contributed by atoms with Crippen LogP contribution in [0.3, 0.4) is 0 Å². The number of benzene rings is 3. The summed E-state index contributed by atoms with van der Waals surface area (Å²) in [5, 5.41) is 35.2. The van der Waals surface area contributed by atoms with Gasteiger partial charge in [-0.25, -0.2) is 35.1 Å². The van der Waals surface area contributed by atoms with Crippen LogP contribution >= 0.6 is 0 Å². The van der Waals surface area contributed by atoms with Crippen molar-refractivity contribution < 1.29 is 112 Å². The second-order valence-corrected chi connectivity index (χ2v) is 26.7. The zero-order valence-corrected chi connectivity index (χ0v) is 57.7. The first kappa shape index (κ1) is 84.7. The Kier molecular flexibility index (Phi) is 31.9. The van der Waals surface area contributed by atoms with Crippen LogP contribution in [-0.2, 0) is 76.9 Å². The summed E-state index contributed by atoms with van der Waals surface area (Å²) in [6, 6.07) is 25.8. The number of carboxylic acid groups (broad SMARTS) is 1. The van der Waals surface area contributed by atoms with E-state index in [1.165, 1.54) is 20.3 Å². The molecule has 3 aliphatic heterocycles. The molecule has 542 valence electrons. The molecule has 0 radical (unpaired) electrons. The van der Waals surface area contributed by atoms with Crippen molar-refractivity contribution in [1.29, 1.82) is 0 Å². The number of esters is 3. The Balaban J connectivity index is 0.000000312. The van der Waals surface area contributed by atoms with Gasteiger partial charge >= 0.3 is 38.1 Å². The van der Waals surface area contributed by atoms with E-state index >= 15 is 0 Å². The maximum absolute atomic E-state index is 13.7. The summed E-state index contributed by atoms with van der Waals surface area (Å²) in [6.45, 7) is 20.3. The number of ether oxygens (including phenoxy) is 3. The lowest BCUT2D eigenvalue weighted by Crippen LogP contribution is -2.65. The van der Waals surface area contributed by atoms with Gasteiger partial charge in [-0.05, 0) is 128 Å². The van der Waals surface area contributed by atoms with Crippen molar-refractivity contribution in [3.63, 3.8) is 0 Å². The molecular formula is C68H97B2F8N3O16. The second-order valence-electron chi connectivity index (χ2n) is 26.7. The van der Waals surface area contributed by atoms with E-state index in [1.807, 2.05) is 66.7 Å². The molecule has 6 N–H and O–H groups in total. The third-order valence-corrected chi connectivity index (χ3v) is 18.7. The van der Waals surface area contributed by atoms with Crippen LogP contribution in [0.1, 0.15) is 152 Å². The summed E-state index contributed by atoms with van der Waals surface area (Å²) in [5.41, 5.74) is 7.70. The van der Waals surface area contributed by atoms with Gasteiger partial charge in [0.25, 0.3) is 23.7 Å². The van der Waals surface area contributed by atoms with Gasteiger partial charge in [-0.2, -0.15) is 0 Å². The minimum atomic E-state index is -3.31. The predicted molar refractivity (Wildman–Crippen MR) is 345 cm³/mol. The molecule has 3 heterocycles. The fraction of sp³-hybridized carbons (Fsp3) is 0.632. The fourth-order valence-electron chi connectivity index (χ4n) is 11.0. The number of amides is 2. The highest BCUT2D eigenvalue weighted by Gasteiger charge is 2.69. The molecule has 29 heteroatoms. The summed E-state index contributed by atoms with van der Waals surface area (Å²) in [6.07, 6.45) is 4.02. The molecule has 6 fully saturated rings. The van der Waals surface area contributed by atoms with Crippen molar-refractivity contribution in [3.05, 3.63) is 108 Å². The van der Waals surface area contributed by atoms with Gasteiger partial charge in [0, 0.05) is 40.8 Å². The zero-order chi connectivity index (χ0) is 73.9. The van der Waals surface area contributed by atoms with Crippen LogP contribution in [-0.4, -0.2) is 158 Å². The van der Waals surface area contributed by atoms with E-state index in [0.29, 0.717) is 52.0 Å². The van der Waals surface area contributed by atoms with Crippen LogP contribution in [0.4, 0.5) is 35.1 Å². The van der Waals surface area contributed by atoms with Crippen LogP contribution in [0.2, 0.25) is 0 Å². The molecule has 3 aromatic carbocycles. The lowest BCUT2D eigenvalue weighted by atomic mass is 9.43. The Morgan fingerprint density at radius 2 is 1.04 bits per heavy atom. The monoisotopic (exact) mass is 1390 g/mol. The number of likely N-dealkylation sites (tertiary alicyclic amines) is 2. The number of hydrogen-bond acceptors (Lipinski definition) is 16. The number of rotatable bonds is 20. The molecule has 6 aliphatic rings. The summed E-state index contributed by atoms with van der Waals surface area (Å²) in [7, 11) is -2.21. The Bertz CT molecular complexity index is 3000. The number of carbonyl (C=O) groups excluding carboxylic acids is 6. The van der Waals surface area contributed by atoms with E-state index in [1.54, 1.807) is 49.9 Å². The molecule has 9 rings (SSSR count). The number of nitrogens with two attached hydrogens (primary N) is 1. The molecule has 3 saturated heterocycles. The number of alkyl halides is 8. The highest BCUT2D eigenvalue weighted by atomic mass is 19.3. The topological polar surface area (TPSA) is 279 Å². The molecule has 0 aromatic heterocycles. The Morgan fingerprint density at radius 1 is 0.619 bits per heavy atom. The van der Waals surface area contributed by atoms with E-state index in [-0.39, 0.29) is 61.2 Å². The van der Waals surface area contributed by atoms with Gasteiger partial charge in [-0.1, -0.05) is 105 Å². The van der Waals surface area contributed by atoms with Gasteiger partial charge in [0.15, 0.2) is 0 Å². The molecule has 19 nitrogen and oxygen atoms in total. The number of aliphatic hydroxyl groups is 1. The van der Waals surface area contributed by atoms with Gasteiger partial charge < -0.3 is 59.3 Å². The first-order chi connectivity index (χ1) is 44.7. The molecule has 13 atom stereocenters. The van der Waals surface area contributed by atoms with Crippen molar-refractivity contribution in [2.45, 2.75) is 215 Å². The number of carboxylic acids is 1. The SMILES string of the molecule is CC(=O)[C@H](C)C(=O)OCc1ccccc1.CC(C(=O)N1CCC[C@H]1B1OC2C[C@@H]3C[C@@H](C3(C)C)[C@]2(C)O1)C(C)(F)F.CC(F)(F)[C@H](N)C(=O)N1CCC[C@H]1B(O)O.CC(O)[C@H](C)C(=O)OCc1ccccc1.C[C@H](C(=O)O)C(C)(F)F.C[C@H](C(=O)OCc1ccccc1)C(C)(F)F. The minimum Gasteiger partial charge on any atom is -0.481 e. The average molecular weight is 1390 g/mol. The normalized spacial score (nSPS) is 22.9. The fourth-order valence-corrected chi connectivity index (χ4v) is 11.0. The molecule has 2 amide bonds. The summed E-state index contributed by atoms with van der Waals surface area (Å²) < 4.78 is 130. The van der Waals surface area contributed by atoms with Crippen molar-refractivity contribution in [2.75, 3.05) is 13.1 Å². The van der Waals surface area contributed by atoms with Gasteiger partial charge in [0.05, 0.1) is 41.5 Å². The van der Waals surface area contributed by atoms with Crippen LogP contribution < -0.4 is 5.73 Å². The smallest absolute Gasteiger partial charge is 0.481 e. The first-order valence-electron chi connectivity index (χ1n) is 32.3. The highest BCUT2D eigenvalue weighted by molar-refractivity contribution is 6.48. The van der Waals surface area contributed by atoms with Gasteiger partial charge in [-0.3, -0.25) is 33.6 Å². The summed E-state index contributed by atoms with van der Waals surface area (Å²) in [4.78, 5) is 81.6. The van der Waals surface area contributed by atoms with Crippen LogP contribution in [0.15, 0.2) is 91.0 Å². The molecule has 3 saturated carbocycles. The standard InChI is InChI=1S/C19H30BF2NO3.C12H14F2O2.C12H16O3.C12H14O3.C8H15BF2N2O3.C5H8F2O2/c1-11(19(5,21)22)16(24)23-8-6-7-15(23)20-25-14-10-12-9-13(17(12,2)3)18(14,4)26-20;1-9(12(2,13)14)11(15)16-8-10-6-4-3-5-7-10;2*1-9(10(2)13)12(14)15-8-11-6-4-3-5-7-11;1-8(10,11)6(12)7(14)13-4-2-3-5(13)9(15)16;1-3(4(8)9)5(2,6)7/h11-15H,6-10H2,1-5H3;3-7,9H,8H2,1-2H3;3-7,9-10,13H,8H2,1-2H3;3-7,9H,8H2,1-2H3;5-6,15-16H,2-4,12H2,1H3;3H,1-2H3,(H,8,9)/t11?,12-,13-,14?,15-,18-;9-;9-,10?;9-;5-,6+;3-/m010001/s1. The zero-order valence-electron chi connectivity index (χ0n) is 57.7. The van der Waals surface area contributed by atoms with Gasteiger partial charge in [0.1, 0.15) is 49.4 Å². The quantitative estimate of drug-likeness (QED) is 0.0231. The number of ketones is 1. The highest BCUT2D eigenvalue weighted by Crippen LogP contribution is 2.66. The lowest BCUT2D eigenvalue weighted by Gasteiger charge is -2.64. The number of aliphatic carboxylic acids is 1. The van der Waals surface area contributed by atoms with E-state index in [9.17, 15) is 73.8 Å². The van der Waals surface area contributed by atoms with E-state index < -0.39 is 115 Å². The summed E-state index contributed by atoms with van der Waals surface area (Å²) in [5.74, 6) is -22.8. The van der Waals surface area contributed by atoms with Crippen molar-refractivity contribution in [3.8, 4) is 0 Å². The average Bonchev–Trinajstić information content (AvgIpc) is 1.64. The molecule has 97 heavy (non-hydrogen) atoms. The molecular weight excluding hydrogens is 1290 g/mol.